The Morgan fingerprint density at radius 3 is 2.64 bits per heavy atom. The predicted octanol–water partition coefficient (Wildman–Crippen LogP) is 5.31. The van der Waals surface area contributed by atoms with Gasteiger partial charge in [-0.1, -0.05) is 32.9 Å². The number of para-hydroxylation sites is 1. The third-order valence-corrected chi connectivity index (χ3v) is 8.05. The lowest BCUT2D eigenvalue weighted by Gasteiger charge is -2.48. The van der Waals surface area contributed by atoms with E-state index in [1.54, 1.807) is 7.11 Å². The van der Waals surface area contributed by atoms with Crippen LogP contribution in [0.5, 0.6) is 11.5 Å². The highest BCUT2D eigenvalue weighted by molar-refractivity contribution is 5.70. The Hall–Kier alpha value is -2.49. The second-order valence-electron chi connectivity index (χ2n) is 9.19. The normalized spacial score (nSPS) is 31.6. The number of methoxy groups -OCH3 is 1. The standard InChI is InChI=1S/C24H26O4/c1-22(2)15-9-11-23(22,3)24(14-15)12-10-17-20(28-24)13-19(27-21(17)25)16-7-5-6-8-18(16)26-4/h5-8,10,12-13,15H,9,11,14H2,1-4H3/t15-,23-,24-/m0/s1. The minimum absolute atomic E-state index is 0.0412. The Balaban J connectivity index is 1.63. The lowest BCUT2D eigenvalue weighted by molar-refractivity contribution is -0.0325. The third-order valence-electron chi connectivity index (χ3n) is 8.05. The van der Waals surface area contributed by atoms with Crippen molar-refractivity contribution < 1.29 is 13.9 Å². The Morgan fingerprint density at radius 1 is 1.18 bits per heavy atom. The van der Waals surface area contributed by atoms with E-state index in [1.165, 1.54) is 6.42 Å². The lowest BCUT2D eigenvalue weighted by atomic mass is 9.64. The first-order valence-corrected chi connectivity index (χ1v) is 10.0. The molecule has 1 spiro atoms. The first-order chi connectivity index (χ1) is 13.3. The van der Waals surface area contributed by atoms with Crippen molar-refractivity contribution in [2.24, 2.45) is 16.7 Å². The molecule has 0 saturated heterocycles. The number of hydrogen-bond acceptors (Lipinski definition) is 4. The van der Waals surface area contributed by atoms with E-state index in [0.717, 1.165) is 18.4 Å². The van der Waals surface area contributed by atoms with Crippen molar-refractivity contribution in [2.45, 2.75) is 45.6 Å². The van der Waals surface area contributed by atoms with Crippen molar-refractivity contribution in [3.8, 4) is 22.8 Å². The summed E-state index contributed by atoms with van der Waals surface area (Å²) in [4.78, 5) is 12.7. The monoisotopic (exact) mass is 378 g/mol. The lowest BCUT2D eigenvalue weighted by Crippen LogP contribution is -2.51. The molecule has 2 fully saturated rings. The molecule has 2 saturated carbocycles. The van der Waals surface area contributed by atoms with E-state index in [2.05, 4.69) is 26.8 Å². The summed E-state index contributed by atoms with van der Waals surface area (Å²) in [5.41, 5.74) is 0.749. The molecule has 2 bridgehead atoms. The fraction of sp³-hybridized carbons (Fsp3) is 0.458. The molecule has 2 aliphatic carbocycles. The highest BCUT2D eigenvalue weighted by Gasteiger charge is 2.69. The fourth-order valence-electron chi connectivity index (χ4n) is 5.85. The molecule has 0 N–H and O–H groups in total. The van der Waals surface area contributed by atoms with Gasteiger partial charge in [0.2, 0.25) is 0 Å². The van der Waals surface area contributed by atoms with Crippen molar-refractivity contribution in [3.63, 3.8) is 0 Å². The van der Waals surface area contributed by atoms with Crippen LogP contribution in [0.25, 0.3) is 17.4 Å². The average molecular weight is 378 g/mol. The van der Waals surface area contributed by atoms with Crippen LogP contribution in [0.1, 0.15) is 45.6 Å². The molecule has 0 radical (unpaired) electrons. The van der Waals surface area contributed by atoms with Gasteiger partial charge in [0, 0.05) is 11.5 Å². The number of hydrogen-bond donors (Lipinski definition) is 0. The minimum atomic E-state index is -0.378. The van der Waals surface area contributed by atoms with Crippen molar-refractivity contribution in [2.75, 3.05) is 7.11 Å². The fourth-order valence-corrected chi connectivity index (χ4v) is 5.85. The van der Waals surface area contributed by atoms with Crippen LogP contribution in [-0.4, -0.2) is 12.7 Å². The Kier molecular flexibility index (Phi) is 3.47. The summed E-state index contributed by atoms with van der Waals surface area (Å²) in [6.07, 6.45) is 7.43. The number of ether oxygens (including phenoxy) is 2. The van der Waals surface area contributed by atoms with Gasteiger partial charge in [-0.3, -0.25) is 0 Å². The molecule has 28 heavy (non-hydrogen) atoms. The zero-order valence-electron chi connectivity index (χ0n) is 16.9. The van der Waals surface area contributed by atoms with E-state index in [4.69, 9.17) is 13.9 Å². The zero-order valence-corrected chi connectivity index (χ0v) is 16.9. The van der Waals surface area contributed by atoms with Crippen LogP contribution in [0.4, 0.5) is 0 Å². The molecule has 3 aliphatic rings. The summed E-state index contributed by atoms with van der Waals surface area (Å²) in [5.74, 6) is 2.39. The highest BCUT2D eigenvalue weighted by Crippen LogP contribution is 2.71. The summed E-state index contributed by atoms with van der Waals surface area (Å²) in [5, 5.41) is 0. The smallest absolute Gasteiger partial charge is 0.347 e. The number of benzene rings is 1. The number of fused-ring (bicyclic) bond motifs is 4. The molecule has 0 amide bonds. The summed E-state index contributed by atoms with van der Waals surface area (Å²) in [6, 6.07) is 9.39. The molecule has 5 rings (SSSR count). The van der Waals surface area contributed by atoms with Crippen LogP contribution < -0.4 is 15.1 Å². The van der Waals surface area contributed by atoms with E-state index in [9.17, 15) is 4.79 Å². The SMILES string of the molecule is COc1ccccc1-c1cc2c(c(=O)o1)C=C[C@@]1(C[C@@H]3CC[C@@]1(C)C3(C)C)O2. The van der Waals surface area contributed by atoms with Crippen LogP contribution in [0.3, 0.4) is 0 Å². The van der Waals surface area contributed by atoms with E-state index in [0.29, 0.717) is 28.7 Å². The summed E-state index contributed by atoms with van der Waals surface area (Å²) >= 11 is 0. The molecule has 0 unspecified atom stereocenters. The molecule has 1 aliphatic heterocycles. The van der Waals surface area contributed by atoms with Gasteiger partial charge in [0.15, 0.2) is 0 Å². The van der Waals surface area contributed by atoms with Gasteiger partial charge in [0.25, 0.3) is 0 Å². The maximum Gasteiger partial charge on any atom is 0.347 e. The van der Waals surface area contributed by atoms with Crippen molar-refractivity contribution >= 4 is 6.08 Å². The minimum Gasteiger partial charge on any atom is -0.496 e. The van der Waals surface area contributed by atoms with Crippen LogP contribution in [0, 0.1) is 16.7 Å². The molecule has 4 nitrogen and oxygen atoms in total. The first kappa shape index (κ1) is 17.6. The van der Waals surface area contributed by atoms with Gasteiger partial charge < -0.3 is 13.9 Å². The van der Waals surface area contributed by atoms with Crippen LogP contribution in [0.2, 0.25) is 0 Å². The maximum atomic E-state index is 12.7. The van der Waals surface area contributed by atoms with Gasteiger partial charge in [-0.25, -0.2) is 4.79 Å². The summed E-state index contributed by atoms with van der Waals surface area (Å²) in [6.45, 7) is 7.08. The molecular formula is C24H26O4. The van der Waals surface area contributed by atoms with Crippen molar-refractivity contribution in [1.82, 2.24) is 0 Å². The van der Waals surface area contributed by atoms with Gasteiger partial charge in [-0.2, -0.15) is 0 Å². The second kappa shape index (κ2) is 5.53. The highest BCUT2D eigenvalue weighted by atomic mass is 16.5. The van der Waals surface area contributed by atoms with Crippen LogP contribution in [-0.2, 0) is 0 Å². The zero-order chi connectivity index (χ0) is 19.7. The molecular weight excluding hydrogens is 352 g/mol. The molecule has 146 valence electrons. The van der Waals surface area contributed by atoms with E-state index >= 15 is 0 Å². The van der Waals surface area contributed by atoms with E-state index in [1.807, 2.05) is 36.4 Å². The van der Waals surface area contributed by atoms with Gasteiger partial charge in [0.1, 0.15) is 28.4 Å². The second-order valence-corrected chi connectivity index (χ2v) is 9.19. The predicted molar refractivity (Wildman–Crippen MR) is 109 cm³/mol. The molecule has 1 aromatic heterocycles. The Bertz CT molecular complexity index is 1050. The summed E-state index contributed by atoms with van der Waals surface area (Å²) < 4.78 is 17.7. The van der Waals surface area contributed by atoms with Crippen LogP contribution in [0.15, 0.2) is 45.6 Å². The van der Waals surface area contributed by atoms with Gasteiger partial charge in [0.05, 0.1) is 12.7 Å². The van der Waals surface area contributed by atoms with Crippen molar-refractivity contribution in [1.29, 1.82) is 0 Å². The largest absolute Gasteiger partial charge is 0.496 e. The molecule has 2 heterocycles. The maximum absolute atomic E-state index is 12.7. The Labute approximate surface area is 165 Å². The van der Waals surface area contributed by atoms with Gasteiger partial charge in [-0.05, 0) is 54.9 Å². The topological polar surface area (TPSA) is 48.7 Å². The van der Waals surface area contributed by atoms with Crippen LogP contribution >= 0.6 is 0 Å². The molecule has 4 heteroatoms. The third kappa shape index (κ3) is 2.04. The number of rotatable bonds is 2. The van der Waals surface area contributed by atoms with Gasteiger partial charge in [-0.15, -0.1) is 0 Å². The van der Waals surface area contributed by atoms with E-state index in [-0.39, 0.29) is 22.1 Å². The molecule has 2 aromatic rings. The quantitative estimate of drug-likeness (QED) is 0.711. The first-order valence-electron chi connectivity index (χ1n) is 10.0. The van der Waals surface area contributed by atoms with Gasteiger partial charge >= 0.3 is 5.63 Å². The Morgan fingerprint density at radius 2 is 1.96 bits per heavy atom. The summed E-state index contributed by atoms with van der Waals surface area (Å²) in [7, 11) is 1.61. The average Bonchev–Trinajstić information content (AvgIpc) is 2.99. The molecule has 3 atom stereocenters. The molecule has 1 aromatic carbocycles. The van der Waals surface area contributed by atoms with E-state index < -0.39 is 0 Å². The van der Waals surface area contributed by atoms with Crippen molar-refractivity contribution in [3.05, 3.63) is 52.4 Å².